The van der Waals surface area contributed by atoms with Crippen LogP contribution in [0.25, 0.3) is 10.6 Å². The van der Waals surface area contributed by atoms with Crippen LogP contribution in [0.1, 0.15) is 30.3 Å². The molecule has 132 valence electrons. The zero-order chi connectivity index (χ0) is 15.5. The Morgan fingerprint density at radius 1 is 1.33 bits per heavy atom. The van der Waals surface area contributed by atoms with Crippen LogP contribution in [-0.2, 0) is 0 Å². The number of piperidine rings is 1. The van der Waals surface area contributed by atoms with Crippen molar-refractivity contribution in [2.45, 2.75) is 31.8 Å². The van der Waals surface area contributed by atoms with Gasteiger partial charge in [-0.2, -0.15) is 0 Å². The molecule has 2 N–H and O–H groups in total. The fourth-order valence-corrected chi connectivity index (χ4v) is 3.43. The van der Waals surface area contributed by atoms with Crippen molar-refractivity contribution in [3.05, 3.63) is 41.2 Å². The summed E-state index contributed by atoms with van der Waals surface area (Å²) in [6.07, 6.45) is 1.87. The number of thiazole rings is 1. The van der Waals surface area contributed by atoms with E-state index in [1.54, 1.807) is 17.5 Å². The van der Waals surface area contributed by atoms with E-state index in [4.69, 9.17) is 0 Å². The summed E-state index contributed by atoms with van der Waals surface area (Å²) < 4.78 is 12.9. The van der Waals surface area contributed by atoms with Crippen LogP contribution in [0.5, 0.6) is 0 Å². The van der Waals surface area contributed by atoms with Crippen molar-refractivity contribution in [1.29, 1.82) is 0 Å². The van der Waals surface area contributed by atoms with Gasteiger partial charge in [0.25, 0.3) is 5.91 Å². The van der Waals surface area contributed by atoms with Gasteiger partial charge in [-0.3, -0.25) is 4.79 Å². The Labute approximate surface area is 157 Å². The van der Waals surface area contributed by atoms with Crippen LogP contribution in [0.15, 0.2) is 29.6 Å². The van der Waals surface area contributed by atoms with Crippen molar-refractivity contribution in [1.82, 2.24) is 15.6 Å². The van der Waals surface area contributed by atoms with E-state index in [0.29, 0.717) is 11.7 Å². The van der Waals surface area contributed by atoms with E-state index in [9.17, 15) is 9.18 Å². The molecule has 1 aliphatic heterocycles. The third kappa shape index (κ3) is 5.14. The van der Waals surface area contributed by atoms with Gasteiger partial charge in [0, 0.05) is 23.0 Å². The van der Waals surface area contributed by atoms with E-state index < -0.39 is 0 Å². The van der Waals surface area contributed by atoms with Gasteiger partial charge in [-0.05, 0) is 50.6 Å². The summed E-state index contributed by atoms with van der Waals surface area (Å²) >= 11 is 1.39. The number of carbonyl (C=O) groups excluding carboxylic acids is 1. The largest absolute Gasteiger partial charge is 0.348 e. The molecule has 4 nitrogen and oxygen atoms in total. The minimum atomic E-state index is -0.279. The zero-order valence-electron chi connectivity index (χ0n) is 13.1. The van der Waals surface area contributed by atoms with Gasteiger partial charge in [-0.1, -0.05) is 0 Å². The van der Waals surface area contributed by atoms with Gasteiger partial charge in [0.05, 0.1) is 0 Å². The van der Waals surface area contributed by atoms with Crippen molar-refractivity contribution in [2.24, 2.45) is 0 Å². The summed E-state index contributed by atoms with van der Waals surface area (Å²) in [6.45, 7) is 3.04. The molecule has 8 heteroatoms. The van der Waals surface area contributed by atoms with Crippen molar-refractivity contribution in [3.63, 3.8) is 0 Å². The predicted molar refractivity (Wildman–Crippen MR) is 100.0 cm³/mol. The van der Waals surface area contributed by atoms with Crippen LogP contribution in [0.3, 0.4) is 0 Å². The maximum atomic E-state index is 12.9. The molecular weight excluding hydrogens is 372 g/mol. The number of benzene rings is 1. The molecule has 0 aliphatic carbocycles. The molecule has 2 atom stereocenters. The van der Waals surface area contributed by atoms with Crippen LogP contribution < -0.4 is 10.6 Å². The maximum absolute atomic E-state index is 12.9. The summed E-state index contributed by atoms with van der Waals surface area (Å²) in [5.74, 6) is -0.415. The van der Waals surface area contributed by atoms with E-state index in [-0.39, 0.29) is 42.6 Å². The number of amides is 1. The topological polar surface area (TPSA) is 54.0 Å². The average molecular weight is 392 g/mol. The van der Waals surface area contributed by atoms with Crippen LogP contribution in [-0.4, -0.2) is 29.5 Å². The summed E-state index contributed by atoms with van der Waals surface area (Å²) in [5.41, 5.74) is 1.25. The van der Waals surface area contributed by atoms with Gasteiger partial charge in [-0.15, -0.1) is 36.2 Å². The van der Waals surface area contributed by atoms with Crippen LogP contribution in [0.4, 0.5) is 4.39 Å². The molecule has 0 bridgehead atoms. The fourth-order valence-electron chi connectivity index (χ4n) is 2.63. The molecule has 1 saturated heterocycles. The molecule has 1 fully saturated rings. The second-order valence-electron chi connectivity index (χ2n) is 5.59. The molecule has 1 aliphatic rings. The van der Waals surface area contributed by atoms with Gasteiger partial charge in [0.15, 0.2) is 0 Å². The molecule has 3 rings (SSSR count). The lowest BCUT2D eigenvalue weighted by Crippen LogP contribution is -2.46. The summed E-state index contributed by atoms with van der Waals surface area (Å²) in [6, 6.07) is 6.75. The second-order valence-corrected chi connectivity index (χ2v) is 6.45. The van der Waals surface area contributed by atoms with E-state index in [0.717, 1.165) is 30.0 Å². The van der Waals surface area contributed by atoms with Crippen molar-refractivity contribution in [2.75, 3.05) is 6.54 Å². The third-order valence-corrected chi connectivity index (χ3v) is 4.68. The van der Waals surface area contributed by atoms with Gasteiger partial charge < -0.3 is 10.6 Å². The van der Waals surface area contributed by atoms with Gasteiger partial charge >= 0.3 is 0 Å². The Balaban J connectivity index is 0.00000144. The Hall–Kier alpha value is -1.21. The number of hydrogen-bond acceptors (Lipinski definition) is 4. The smallest absolute Gasteiger partial charge is 0.270 e. The third-order valence-electron chi connectivity index (χ3n) is 3.79. The lowest BCUT2D eigenvalue weighted by molar-refractivity contribution is 0.0921. The van der Waals surface area contributed by atoms with Crippen LogP contribution >= 0.6 is 36.2 Å². The highest BCUT2D eigenvalue weighted by Crippen LogP contribution is 2.24. The zero-order valence-corrected chi connectivity index (χ0v) is 15.6. The fraction of sp³-hybridized carbons (Fsp3) is 0.375. The Kier molecular flexibility index (Phi) is 8.09. The first-order valence-electron chi connectivity index (χ1n) is 7.37. The quantitative estimate of drug-likeness (QED) is 0.838. The first-order chi connectivity index (χ1) is 10.6. The number of rotatable bonds is 3. The Morgan fingerprint density at radius 2 is 2.04 bits per heavy atom. The van der Waals surface area contributed by atoms with E-state index in [1.165, 1.54) is 23.5 Å². The molecule has 2 aromatic rings. The lowest BCUT2D eigenvalue weighted by atomic mass is 10.0. The first-order valence-corrected chi connectivity index (χ1v) is 8.25. The molecule has 2 heterocycles. The highest BCUT2D eigenvalue weighted by molar-refractivity contribution is 7.13. The van der Waals surface area contributed by atoms with Crippen LogP contribution in [0, 0.1) is 5.82 Å². The summed E-state index contributed by atoms with van der Waals surface area (Å²) in [5, 5.41) is 8.88. The number of halogens is 3. The minimum absolute atomic E-state index is 0. The summed E-state index contributed by atoms with van der Waals surface area (Å²) in [4.78, 5) is 16.6. The number of nitrogens with zero attached hydrogens (tertiary/aromatic N) is 1. The van der Waals surface area contributed by atoms with E-state index in [1.807, 2.05) is 0 Å². The Morgan fingerprint density at radius 3 is 2.71 bits per heavy atom. The predicted octanol–water partition coefficient (Wildman–Crippen LogP) is 3.66. The molecule has 1 aromatic carbocycles. The highest BCUT2D eigenvalue weighted by atomic mass is 35.5. The van der Waals surface area contributed by atoms with Crippen molar-refractivity contribution < 1.29 is 9.18 Å². The number of aromatic nitrogens is 1. The van der Waals surface area contributed by atoms with E-state index in [2.05, 4.69) is 22.5 Å². The monoisotopic (exact) mass is 391 g/mol. The standard InChI is InChI=1S/C16H18FN3OS.2ClH/c1-10-8-13(6-7-18-10)19-15(21)14-9-22-16(20-14)11-2-4-12(17)5-3-11;;/h2-5,9-10,13,18H,6-8H2,1H3,(H,19,21);2*1H. The first kappa shape index (κ1) is 20.8. The number of nitrogens with one attached hydrogen (secondary N) is 2. The van der Waals surface area contributed by atoms with Crippen molar-refractivity contribution >= 4 is 42.1 Å². The maximum Gasteiger partial charge on any atom is 0.270 e. The minimum Gasteiger partial charge on any atom is -0.348 e. The normalized spacial score (nSPS) is 19.8. The Bertz CT molecular complexity index is 666. The van der Waals surface area contributed by atoms with Gasteiger partial charge in [0.1, 0.15) is 16.5 Å². The number of hydrogen-bond donors (Lipinski definition) is 2. The molecular formula is C16H20Cl2FN3OS. The second kappa shape index (κ2) is 9.32. The SMILES string of the molecule is CC1CC(NC(=O)c2csc(-c3ccc(F)cc3)n2)CCN1.Cl.Cl. The van der Waals surface area contributed by atoms with Crippen molar-refractivity contribution in [3.8, 4) is 10.6 Å². The molecule has 1 amide bonds. The van der Waals surface area contributed by atoms with Crippen LogP contribution in [0.2, 0.25) is 0 Å². The summed E-state index contributed by atoms with van der Waals surface area (Å²) in [7, 11) is 0. The molecule has 0 radical (unpaired) electrons. The number of carbonyl (C=O) groups is 1. The average Bonchev–Trinajstić information content (AvgIpc) is 2.98. The van der Waals surface area contributed by atoms with Gasteiger partial charge in [0.2, 0.25) is 0 Å². The van der Waals surface area contributed by atoms with Gasteiger partial charge in [-0.25, -0.2) is 9.37 Å². The highest BCUT2D eigenvalue weighted by Gasteiger charge is 2.21. The van der Waals surface area contributed by atoms with E-state index >= 15 is 0 Å². The molecule has 1 aromatic heterocycles. The molecule has 24 heavy (non-hydrogen) atoms. The molecule has 0 spiro atoms. The molecule has 2 unspecified atom stereocenters. The lowest BCUT2D eigenvalue weighted by Gasteiger charge is -2.28. The molecule has 0 saturated carbocycles.